The van der Waals surface area contributed by atoms with Gasteiger partial charge in [0.05, 0.1) is 17.1 Å². The van der Waals surface area contributed by atoms with Crippen LogP contribution in [0.3, 0.4) is 0 Å². The van der Waals surface area contributed by atoms with Crippen LogP contribution >= 0.6 is 0 Å². The van der Waals surface area contributed by atoms with Gasteiger partial charge in [-0.1, -0.05) is 61.7 Å². The summed E-state index contributed by atoms with van der Waals surface area (Å²) in [5.41, 5.74) is 6.46. The molecule has 0 aliphatic heterocycles. The first-order valence-electron chi connectivity index (χ1n) is 11.6. The van der Waals surface area contributed by atoms with E-state index in [1.165, 1.54) is 11.1 Å². The van der Waals surface area contributed by atoms with E-state index in [9.17, 15) is 9.59 Å². The Hall–Kier alpha value is -4.00. The van der Waals surface area contributed by atoms with Gasteiger partial charge in [0.15, 0.2) is 6.61 Å². The number of nitrogens with zero attached hydrogens (tertiary/aromatic N) is 3. The Morgan fingerprint density at radius 1 is 1.03 bits per heavy atom. The third-order valence-corrected chi connectivity index (χ3v) is 6.35. The number of fused-ring (bicyclic) bond motifs is 2. The van der Waals surface area contributed by atoms with Crippen molar-refractivity contribution in [3.8, 4) is 5.75 Å². The molecule has 3 aromatic carbocycles. The molecule has 0 unspecified atom stereocenters. The molecule has 34 heavy (non-hydrogen) atoms. The van der Waals surface area contributed by atoms with Gasteiger partial charge >= 0.3 is 0 Å². The molecule has 0 bridgehead atoms. The second kappa shape index (κ2) is 9.47. The Labute approximate surface area is 196 Å². The lowest BCUT2D eigenvalue weighted by Gasteiger charge is -2.22. The molecule has 4 aromatic rings. The highest BCUT2D eigenvalue weighted by Crippen LogP contribution is 2.32. The number of hydrogen-bond acceptors (Lipinski definition) is 5. The van der Waals surface area contributed by atoms with Gasteiger partial charge in [0.25, 0.3) is 11.5 Å². The number of hydrogen-bond donors (Lipinski definition) is 1. The predicted octanol–water partition coefficient (Wildman–Crippen LogP) is 4.34. The van der Waals surface area contributed by atoms with Gasteiger partial charge in [-0.3, -0.25) is 9.59 Å². The molecule has 1 heterocycles. The van der Waals surface area contributed by atoms with Gasteiger partial charge in [-0.25, -0.2) is 4.98 Å². The second-order valence-electron chi connectivity index (χ2n) is 8.64. The van der Waals surface area contributed by atoms with Crippen LogP contribution in [0.25, 0.3) is 21.7 Å². The summed E-state index contributed by atoms with van der Waals surface area (Å²) < 4.78 is 7.12. The molecule has 0 atom stereocenters. The maximum absolute atomic E-state index is 13.5. The Kier molecular flexibility index (Phi) is 6.08. The summed E-state index contributed by atoms with van der Waals surface area (Å²) >= 11 is 0. The lowest BCUT2D eigenvalue weighted by Crippen LogP contribution is -2.25. The zero-order valence-corrected chi connectivity index (χ0v) is 18.8. The number of carbonyl (C=O) groups excluding carboxylic acids is 1. The zero-order chi connectivity index (χ0) is 23.5. The maximum atomic E-state index is 13.5. The van der Waals surface area contributed by atoms with Crippen molar-refractivity contribution in [3.05, 3.63) is 82.4 Å². The van der Waals surface area contributed by atoms with Crippen LogP contribution in [0.4, 0.5) is 0 Å². The number of nitrogens with two attached hydrogens (primary N) is 1. The fourth-order valence-electron chi connectivity index (χ4n) is 4.68. The first kappa shape index (κ1) is 21.8. The molecule has 1 amide bonds. The van der Waals surface area contributed by atoms with E-state index in [4.69, 9.17) is 15.5 Å². The van der Waals surface area contributed by atoms with E-state index in [0.29, 0.717) is 28.0 Å². The molecule has 1 fully saturated rings. The summed E-state index contributed by atoms with van der Waals surface area (Å²) in [5.74, 6) is 0.786. The topological polar surface area (TPSA) is 99.6 Å². The average molecular weight is 455 g/mol. The molecule has 5 rings (SSSR count). The fraction of sp³-hybridized carbons (Fsp3) is 0.259. The Morgan fingerprint density at radius 3 is 2.56 bits per heavy atom. The molecule has 1 aliphatic carbocycles. The summed E-state index contributed by atoms with van der Waals surface area (Å²) in [7, 11) is 0. The Balaban J connectivity index is 1.67. The van der Waals surface area contributed by atoms with Crippen molar-refractivity contribution in [2.24, 2.45) is 10.8 Å². The standard InChI is InChI=1S/C27H26N4O3/c28-25(32)17-34-24-15-14-18-8-4-5-11-20(18)22(24)16-29-31-26(19-9-2-1-3-10-19)30-23-13-7-6-12-21(23)27(31)33/h4-8,11-16,19H,1-3,9-10,17H2,(H2,28,32). The van der Waals surface area contributed by atoms with E-state index in [2.05, 4.69) is 5.10 Å². The summed E-state index contributed by atoms with van der Waals surface area (Å²) in [6.45, 7) is -0.246. The van der Waals surface area contributed by atoms with Gasteiger partial charge in [-0.15, -0.1) is 0 Å². The van der Waals surface area contributed by atoms with Gasteiger partial charge in [0.2, 0.25) is 0 Å². The number of amides is 1. The third-order valence-electron chi connectivity index (χ3n) is 6.35. The van der Waals surface area contributed by atoms with Crippen LogP contribution in [0.1, 0.15) is 49.4 Å². The molecule has 1 aliphatic rings. The summed E-state index contributed by atoms with van der Waals surface area (Å²) in [6.07, 6.45) is 7.04. The summed E-state index contributed by atoms with van der Waals surface area (Å²) in [6, 6.07) is 18.9. The lowest BCUT2D eigenvalue weighted by atomic mass is 9.88. The van der Waals surface area contributed by atoms with Crippen LogP contribution in [0.5, 0.6) is 5.75 Å². The van der Waals surface area contributed by atoms with Crippen molar-refractivity contribution in [3.63, 3.8) is 0 Å². The Morgan fingerprint density at radius 2 is 1.76 bits per heavy atom. The molecule has 0 saturated heterocycles. The van der Waals surface area contributed by atoms with Crippen molar-refractivity contribution in [2.45, 2.75) is 38.0 Å². The van der Waals surface area contributed by atoms with Crippen molar-refractivity contribution in [2.75, 3.05) is 6.61 Å². The minimum Gasteiger partial charge on any atom is -0.483 e. The monoisotopic (exact) mass is 454 g/mol. The smallest absolute Gasteiger partial charge is 0.282 e. The highest BCUT2D eigenvalue weighted by molar-refractivity contribution is 6.02. The van der Waals surface area contributed by atoms with Gasteiger partial charge < -0.3 is 10.5 Å². The molecular formula is C27H26N4O3. The van der Waals surface area contributed by atoms with Crippen molar-refractivity contribution in [1.82, 2.24) is 9.66 Å². The first-order valence-corrected chi connectivity index (χ1v) is 11.6. The molecule has 0 spiro atoms. The normalized spacial score (nSPS) is 14.7. The van der Waals surface area contributed by atoms with Crippen LogP contribution in [0.2, 0.25) is 0 Å². The van der Waals surface area contributed by atoms with Crippen LogP contribution < -0.4 is 16.0 Å². The molecule has 7 heteroatoms. The van der Waals surface area contributed by atoms with Crippen molar-refractivity contribution in [1.29, 1.82) is 0 Å². The predicted molar refractivity (Wildman–Crippen MR) is 133 cm³/mol. The lowest BCUT2D eigenvalue weighted by molar-refractivity contribution is -0.119. The summed E-state index contributed by atoms with van der Waals surface area (Å²) in [4.78, 5) is 29.7. The van der Waals surface area contributed by atoms with Crippen LogP contribution in [-0.2, 0) is 4.79 Å². The zero-order valence-electron chi connectivity index (χ0n) is 18.8. The van der Waals surface area contributed by atoms with Crippen LogP contribution in [-0.4, -0.2) is 28.4 Å². The summed E-state index contributed by atoms with van der Waals surface area (Å²) in [5, 5.41) is 7.08. The van der Waals surface area contributed by atoms with Crippen molar-refractivity contribution < 1.29 is 9.53 Å². The highest BCUT2D eigenvalue weighted by Gasteiger charge is 2.22. The average Bonchev–Trinajstić information content (AvgIpc) is 2.87. The van der Waals surface area contributed by atoms with Gasteiger partial charge in [0, 0.05) is 11.5 Å². The number of para-hydroxylation sites is 1. The van der Waals surface area contributed by atoms with E-state index in [0.717, 1.165) is 36.5 Å². The molecule has 172 valence electrons. The number of primary amides is 1. The van der Waals surface area contributed by atoms with E-state index < -0.39 is 5.91 Å². The number of carbonyl (C=O) groups is 1. The van der Waals surface area contributed by atoms with Crippen LogP contribution in [0, 0.1) is 0 Å². The minimum absolute atomic E-state index is 0.182. The molecule has 0 radical (unpaired) electrons. The van der Waals surface area contributed by atoms with E-state index in [1.807, 2.05) is 48.5 Å². The van der Waals surface area contributed by atoms with Gasteiger partial charge in [-0.05, 0) is 41.8 Å². The fourth-order valence-corrected chi connectivity index (χ4v) is 4.68. The second-order valence-corrected chi connectivity index (χ2v) is 8.64. The van der Waals surface area contributed by atoms with E-state index in [-0.39, 0.29) is 18.1 Å². The van der Waals surface area contributed by atoms with Crippen LogP contribution in [0.15, 0.2) is 70.6 Å². The van der Waals surface area contributed by atoms with Crippen molar-refractivity contribution >= 4 is 33.8 Å². The Bertz CT molecular complexity index is 1450. The first-order chi connectivity index (χ1) is 16.6. The third kappa shape index (κ3) is 4.29. The van der Waals surface area contributed by atoms with Gasteiger partial charge in [0.1, 0.15) is 11.6 Å². The molecule has 1 aromatic heterocycles. The molecular weight excluding hydrogens is 428 g/mol. The molecule has 1 saturated carbocycles. The quantitative estimate of drug-likeness (QED) is 0.438. The number of rotatable bonds is 6. The highest BCUT2D eigenvalue weighted by atomic mass is 16.5. The maximum Gasteiger partial charge on any atom is 0.282 e. The van der Waals surface area contributed by atoms with Gasteiger partial charge in [-0.2, -0.15) is 9.78 Å². The van der Waals surface area contributed by atoms with E-state index >= 15 is 0 Å². The molecule has 7 nitrogen and oxygen atoms in total. The number of aromatic nitrogens is 2. The SMILES string of the molecule is NC(=O)COc1ccc2ccccc2c1C=Nn1c(C2CCCCC2)nc2ccccc2c1=O. The minimum atomic E-state index is -0.564. The molecule has 2 N–H and O–H groups in total. The number of benzene rings is 3. The van der Waals surface area contributed by atoms with E-state index in [1.54, 1.807) is 18.3 Å². The largest absolute Gasteiger partial charge is 0.483 e. The number of ether oxygens (including phenoxy) is 1.